The Bertz CT molecular complexity index is 670. The van der Waals surface area contributed by atoms with Gasteiger partial charge in [0.05, 0.1) is 0 Å². The minimum absolute atomic E-state index is 0.0249. The highest BCUT2D eigenvalue weighted by Crippen LogP contribution is 2.24. The van der Waals surface area contributed by atoms with Gasteiger partial charge < -0.3 is 5.32 Å². The topological polar surface area (TPSA) is 29.1 Å². The van der Waals surface area contributed by atoms with Crippen LogP contribution in [0.4, 0.5) is 0 Å². The molecule has 1 N–H and O–H groups in total. The van der Waals surface area contributed by atoms with Crippen molar-refractivity contribution in [2.24, 2.45) is 5.92 Å². The monoisotopic (exact) mass is 389 g/mol. The summed E-state index contributed by atoms with van der Waals surface area (Å²) in [6, 6.07) is 15.8. The van der Waals surface area contributed by atoms with E-state index in [9.17, 15) is 4.79 Å². The van der Waals surface area contributed by atoms with Crippen molar-refractivity contribution < 1.29 is 4.79 Å². The van der Waals surface area contributed by atoms with Crippen LogP contribution in [0.2, 0.25) is 5.02 Å². The van der Waals surface area contributed by atoms with Crippen molar-refractivity contribution >= 4 is 29.3 Å². The number of unbranched alkanes of at least 4 members (excludes halogenated alkanes) is 1. The second-order valence-corrected chi connectivity index (χ2v) is 8.05. The first kappa shape index (κ1) is 20.9. The van der Waals surface area contributed by atoms with Crippen molar-refractivity contribution in [1.82, 2.24) is 5.32 Å². The Balaban J connectivity index is 1.81. The molecule has 2 aromatic rings. The van der Waals surface area contributed by atoms with E-state index in [0.29, 0.717) is 5.92 Å². The largest absolute Gasteiger partial charge is 0.352 e. The summed E-state index contributed by atoms with van der Waals surface area (Å²) >= 11 is 7.67. The summed E-state index contributed by atoms with van der Waals surface area (Å²) in [6.07, 6.45) is 4.74. The Kier molecular flexibility index (Phi) is 9.07. The molecule has 0 aliphatic heterocycles. The predicted octanol–water partition coefficient (Wildman–Crippen LogP) is 6.58. The lowest BCUT2D eigenvalue weighted by Crippen LogP contribution is -2.29. The van der Waals surface area contributed by atoms with Crippen molar-refractivity contribution in [3.8, 4) is 0 Å². The van der Waals surface area contributed by atoms with Crippen LogP contribution in [0.15, 0.2) is 53.4 Å². The number of hydrogen-bond acceptors (Lipinski definition) is 2. The zero-order valence-electron chi connectivity index (χ0n) is 15.6. The van der Waals surface area contributed by atoms with Crippen molar-refractivity contribution in [3.63, 3.8) is 0 Å². The first-order valence-electron chi connectivity index (χ1n) is 9.37. The van der Waals surface area contributed by atoms with Crippen molar-refractivity contribution in [2.45, 2.75) is 50.2 Å². The molecular formula is C22H28ClNOS. The zero-order chi connectivity index (χ0) is 18.8. The van der Waals surface area contributed by atoms with Crippen LogP contribution in [0, 0.1) is 5.92 Å². The highest BCUT2D eigenvalue weighted by molar-refractivity contribution is 7.98. The summed E-state index contributed by atoms with van der Waals surface area (Å²) in [5, 5.41) is 3.84. The number of carbonyl (C=O) groups excluding carboxylic acids is 1. The van der Waals surface area contributed by atoms with Crippen molar-refractivity contribution in [3.05, 3.63) is 64.7 Å². The number of benzene rings is 2. The van der Waals surface area contributed by atoms with Gasteiger partial charge in [-0.05, 0) is 54.3 Å². The molecule has 4 heteroatoms. The standard InChI is InChI=1S/C22H28ClNOS/c1-3-5-6-17(4-2)15-24-22(25)19-9-7-18(8-10-19)16-26-21-13-11-20(23)12-14-21/h7-14,17H,3-6,15-16H2,1-2H3,(H,24,25). The number of rotatable bonds is 10. The Morgan fingerprint density at radius 1 is 1.08 bits per heavy atom. The van der Waals surface area contributed by atoms with E-state index < -0.39 is 0 Å². The molecule has 0 saturated heterocycles. The zero-order valence-corrected chi connectivity index (χ0v) is 17.2. The van der Waals surface area contributed by atoms with Crippen LogP contribution in [-0.4, -0.2) is 12.5 Å². The molecule has 1 atom stereocenters. The van der Waals surface area contributed by atoms with Gasteiger partial charge in [0.1, 0.15) is 0 Å². The van der Waals surface area contributed by atoms with Gasteiger partial charge in [-0.15, -0.1) is 11.8 Å². The molecule has 0 aliphatic rings. The molecule has 0 spiro atoms. The van der Waals surface area contributed by atoms with Crippen molar-refractivity contribution in [1.29, 1.82) is 0 Å². The molecule has 0 aromatic heterocycles. The second-order valence-electron chi connectivity index (χ2n) is 6.57. The molecule has 0 radical (unpaired) electrons. The second kappa shape index (κ2) is 11.3. The van der Waals surface area contributed by atoms with Crippen LogP contribution >= 0.6 is 23.4 Å². The normalized spacial score (nSPS) is 12.0. The Morgan fingerprint density at radius 3 is 2.38 bits per heavy atom. The van der Waals surface area contributed by atoms with Gasteiger partial charge in [-0.2, -0.15) is 0 Å². The average Bonchev–Trinajstić information content (AvgIpc) is 2.68. The van der Waals surface area contributed by atoms with Crippen LogP contribution in [0.5, 0.6) is 0 Å². The third-order valence-corrected chi connectivity index (χ3v) is 5.86. The lowest BCUT2D eigenvalue weighted by atomic mass is 9.99. The number of nitrogens with one attached hydrogen (secondary N) is 1. The third-order valence-electron chi connectivity index (χ3n) is 4.53. The third kappa shape index (κ3) is 7.05. The Morgan fingerprint density at radius 2 is 1.77 bits per heavy atom. The summed E-state index contributed by atoms with van der Waals surface area (Å²) in [5.41, 5.74) is 1.94. The molecule has 2 rings (SSSR count). The summed E-state index contributed by atoms with van der Waals surface area (Å²) in [7, 11) is 0. The fourth-order valence-electron chi connectivity index (χ4n) is 2.73. The van der Waals surface area contributed by atoms with Gasteiger partial charge in [0.25, 0.3) is 5.91 Å². The summed E-state index contributed by atoms with van der Waals surface area (Å²) < 4.78 is 0. The first-order chi connectivity index (χ1) is 12.6. The molecular weight excluding hydrogens is 362 g/mol. The Hall–Kier alpha value is -1.45. The minimum Gasteiger partial charge on any atom is -0.352 e. The van der Waals surface area contributed by atoms with Gasteiger partial charge in [0, 0.05) is 27.8 Å². The van der Waals surface area contributed by atoms with Gasteiger partial charge in [-0.25, -0.2) is 0 Å². The molecule has 0 heterocycles. The lowest BCUT2D eigenvalue weighted by Gasteiger charge is -2.15. The molecule has 0 bridgehead atoms. The quantitative estimate of drug-likeness (QED) is 0.465. The van der Waals surface area contributed by atoms with Crippen LogP contribution in [0.3, 0.4) is 0 Å². The highest BCUT2D eigenvalue weighted by Gasteiger charge is 2.10. The maximum Gasteiger partial charge on any atom is 0.251 e. The fourth-order valence-corrected chi connectivity index (χ4v) is 3.71. The molecule has 0 fully saturated rings. The number of carbonyl (C=O) groups is 1. The molecule has 0 saturated carbocycles. The van der Waals surface area contributed by atoms with Gasteiger partial charge >= 0.3 is 0 Å². The van der Waals surface area contributed by atoms with Gasteiger partial charge in [0.2, 0.25) is 0 Å². The summed E-state index contributed by atoms with van der Waals surface area (Å²) in [6.45, 7) is 5.17. The van der Waals surface area contributed by atoms with E-state index >= 15 is 0 Å². The Labute approximate surface area is 166 Å². The lowest BCUT2D eigenvalue weighted by molar-refractivity contribution is 0.0946. The molecule has 1 amide bonds. The van der Waals surface area contributed by atoms with E-state index in [0.717, 1.165) is 29.3 Å². The van der Waals surface area contributed by atoms with E-state index in [2.05, 4.69) is 19.2 Å². The number of halogens is 1. The van der Waals surface area contributed by atoms with E-state index in [1.807, 2.05) is 48.5 Å². The average molecular weight is 390 g/mol. The molecule has 1 unspecified atom stereocenters. The maximum absolute atomic E-state index is 12.3. The van der Waals surface area contributed by atoms with Crippen LogP contribution in [-0.2, 0) is 5.75 Å². The van der Waals surface area contributed by atoms with Crippen molar-refractivity contribution in [2.75, 3.05) is 6.54 Å². The van der Waals surface area contributed by atoms with E-state index in [1.54, 1.807) is 11.8 Å². The number of amides is 1. The molecule has 2 nitrogen and oxygen atoms in total. The van der Waals surface area contributed by atoms with E-state index in [-0.39, 0.29) is 5.91 Å². The minimum atomic E-state index is 0.0249. The molecule has 26 heavy (non-hydrogen) atoms. The van der Waals surface area contributed by atoms with Gasteiger partial charge in [-0.3, -0.25) is 4.79 Å². The highest BCUT2D eigenvalue weighted by atomic mass is 35.5. The molecule has 0 aliphatic carbocycles. The number of hydrogen-bond donors (Lipinski definition) is 1. The number of thioether (sulfide) groups is 1. The van der Waals surface area contributed by atoms with Crippen LogP contribution in [0.1, 0.15) is 55.5 Å². The SMILES string of the molecule is CCCCC(CC)CNC(=O)c1ccc(CSc2ccc(Cl)cc2)cc1. The van der Waals surface area contributed by atoms with Crippen LogP contribution in [0.25, 0.3) is 0 Å². The molecule has 140 valence electrons. The summed E-state index contributed by atoms with van der Waals surface area (Å²) in [5.74, 6) is 1.48. The van der Waals surface area contributed by atoms with Crippen LogP contribution < -0.4 is 5.32 Å². The van der Waals surface area contributed by atoms with E-state index in [4.69, 9.17) is 11.6 Å². The van der Waals surface area contributed by atoms with Gasteiger partial charge in [-0.1, -0.05) is 56.8 Å². The first-order valence-corrected chi connectivity index (χ1v) is 10.7. The van der Waals surface area contributed by atoms with Gasteiger partial charge in [0.15, 0.2) is 0 Å². The smallest absolute Gasteiger partial charge is 0.251 e. The maximum atomic E-state index is 12.3. The predicted molar refractivity (Wildman–Crippen MR) is 113 cm³/mol. The van der Waals surface area contributed by atoms with E-state index in [1.165, 1.54) is 29.7 Å². The fraction of sp³-hybridized carbons (Fsp3) is 0.409. The summed E-state index contributed by atoms with van der Waals surface area (Å²) in [4.78, 5) is 13.5. The molecule has 2 aromatic carbocycles.